The molecule has 1 atom stereocenters. The molecule has 38 heavy (non-hydrogen) atoms. The molecule has 5 rings (SSSR count). The number of rotatable bonds is 8. The number of carbonyl (C=O) groups excluding carboxylic acids is 2. The number of anilines is 1. The second kappa shape index (κ2) is 10.9. The fourth-order valence-electron chi connectivity index (χ4n) is 4.30. The highest BCUT2D eigenvalue weighted by Gasteiger charge is 2.48. The third kappa shape index (κ3) is 4.88. The summed E-state index contributed by atoms with van der Waals surface area (Å²) in [5.41, 5.74) is 1.96. The van der Waals surface area contributed by atoms with Gasteiger partial charge in [-0.05, 0) is 37.1 Å². The van der Waals surface area contributed by atoms with Crippen molar-refractivity contribution in [1.82, 2.24) is 10.2 Å². The molecule has 8 nitrogen and oxygen atoms in total. The van der Waals surface area contributed by atoms with Crippen LogP contribution in [0, 0.1) is 6.92 Å². The number of ether oxygens (including phenoxy) is 2. The Morgan fingerprint density at radius 3 is 2.32 bits per heavy atom. The lowest BCUT2D eigenvalue weighted by Gasteiger charge is -2.23. The van der Waals surface area contributed by atoms with Crippen molar-refractivity contribution in [2.24, 2.45) is 0 Å². The topological polar surface area (TPSA) is 102 Å². The van der Waals surface area contributed by atoms with E-state index in [-0.39, 0.29) is 16.5 Å². The van der Waals surface area contributed by atoms with E-state index in [0.717, 1.165) is 5.56 Å². The highest BCUT2D eigenvalue weighted by molar-refractivity contribution is 7.15. The monoisotopic (exact) mass is 527 g/mol. The van der Waals surface area contributed by atoms with Crippen LogP contribution >= 0.6 is 11.3 Å². The first-order valence-electron chi connectivity index (χ1n) is 12.1. The molecule has 1 aliphatic rings. The van der Waals surface area contributed by atoms with Crippen molar-refractivity contribution >= 4 is 33.9 Å². The number of aryl methyl sites for hydroxylation is 1. The molecule has 0 spiro atoms. The number of ketones is 1. The molecular formula is C29H25N3O5S. The number of aliphatic hydroxyl groups is 1. The molecule has 3 aromatic carbocycles. The Balaban J connectivity index is 1.61. The van der Waals surface area contributed by atoms with Crippen LogP contribution < -0.4 is 14.4 Å². The standard InChI is InChI=1S/C29H25N3O5S/c1-3-36-23-16-21(14-15-22(23)37-17-19-10-6-4-7-11-19)25-24(26(33)20-12-8-5-9-13-20)27(34)28(35)32(25)29-31-30-18(2)38-29/h4-16,25,33H,3,17H2,1-2H3. The molecule has 1 saturated heterocycles. The molecule has 192 valence electrons. The van der Waals surface area contributed by atoms with Gasteiger partial charge in [0.25, 0.3) is 5.78 Å². The fourth-order valence-corrected chi connectivity index (χ4v) is 5.01. The molecule has 0 aliphatic carbocycles. The van der Waals surface area contributed by atoms with Crippen molar-refractivity contribution < 1.29 is 24.2 Å². The predicted octanol–water partition coefficient (Wildman–Crippen LogP) is 5.45. The minimum Gasteiger partial charge on any atom is -0.507 e. The second-order valence-corrected chi connectivity index (χ2v) is 9.71. The molecular weight excluding hydrogens is 502 g/mol. The van der Waals surface area contributed by atoms with Crippen molar-refractivity contribution in [2.45, 2.75) is 26.5 Å². The number of hydrogen-bond acceptors (Lipinski definition) is 8. The third-order valence-electron chi connectivity index (χ3n) is 6.03. The Morgan fingerprint density at radius 2 is 1.66 bits per heavy atom. The zero-order chi connectivity index (χ0) is 26.6. The van der Waals surface area contributed by atoms with E-state index in [2.05, 4.69) is 10.2 Å². The maximum atomic E-state index is 13.3. The molecule has 1 unspecified atom stereocenters. The van der Waals surface area contributed by atoms with Crippen molar-refractivity contribution in [1.29, 1.82) is 0 Å². The van der Waals surface area contributed by atoms with Crippen LogP contribution in [0.1, 0.15) is 34.7 Å². The number of hydrogen-bond donors (Lipinski definition) is 1. The minimum absolute atomic E-state index is 0.0329. The summed E-state index contributed by atoms with van der Waals surface area (Å²) in [6, 6.07) is 22.7. The molecule has 0 saturated carbocycles. The van der Waals surface area contributed by atoms with Crippen LogP contribution in [0.3, 0.4) is 0 Å². The molecule has 1 amide bonds. The van der Waals surface area contributed by atoms with Gasteiger partial charge < -0.3 is 14.6 Å². The van der Waals surface area contributed by atoms with E-state index in [9.17, 15) is 14.7 Å². The predicted molar refractivity (Wildman–Crippen MR) is 144 cm³/mol. The Hall–Kier alpha value is -4.50. The van der Waals surface area contributed by atoms with Crippen molar-refractivity contribution in [3.05, 3.63) is 106 Å². The Kier molecular flexibility index (Phi) is 7.19. The molecule has 1 fully saturated rings. The van der Waals surface area contributed by atoms with Crippen LogP contribution in [0.15, 0.2) is 84.4 Å². The molecule has 1 aliphatic heterocycles. The summed E-state index contributed by atoms with van der Waals surface area (Å²) >= 11 is 1.19. The zero-order valence-electron chi connectivity index (χ0n) is 20.8. The first kappa shape index (κ1) is 25.2. The van der Waals surface area contributed by atoms with Crippen LogP contribution in [-0.4, -0.2) is 33.6 Å². The van der Waals surface area contributed by atoms with Gasteiger partial charge in [0, 0.05) is 5.56 Å². The smallest absolute Gasteiger partial charge is 0.301 e. The Bertz CT molecular complexity index is 1500. The summed E-state index contributed by atoms with van der Waals surface area (Å²) in [5.74, 6) is -0.872. The number of amides is 1. The number of aromatic nitrogens is 2. The molecule has 0 bridgehead atoms. The van der Waals surface area contributed by atoms with Crippen LogP contribution in [0.4, 0.5) is 5.13 Å². The number of Topliss-reactive ketones (excluding diaryl/α,β-unsaturated/α-hetero) is 1. The van der Waals surface area contributed by atoms with Crippen molar-refractivity contribution in [3.63, 3.8) is 0 Å². The van der Waals surface area contributed by atoms with Gasteiger partial charge in [-0.1, -0.05) is 78.1 Å². The minimum atomic E-state index is -0.940. The number of nitrogens with zero attached hydrogens (tertiary/aromatic N) is 3. The van der Waals surface area contributed by atoms with E-state index in [1.54, 1.807) is 55.5 Å². The average molecular weight is 528 g/mol. The van der Waals surface area contributed by atoms with E-state index in [4.69, 9.17) is 9.47 Å². The maximum Gasteiger partial charge on any atom is 0.301 e. The lowest BCUT2D eigenvalue weighted by atomic mass is 9.95. The van der Waals surface area contributed by atoms with E-state index < -0.39 is 17.7 Å². The molecule has 1 aromatic heterocycles. The Morgan fingerprint density at radius 1 is 0.947 bits per heavy atom. The van der Waals surface area contributed by atoms with E-state index >= 15 is 0 Å². The third-order valence-corrected chi connectivity index (χ3v) is 6.87. The maximum absolute atomic E-state index is 13.3. The van der Waals surface area contributed by atoms with Gasteiger partial charge in [0.1, 0.15) is 17.4 Å². The fraction of sp³-hybridized carbons (Fsp3) is 0.172. The molecule has 2 heterocycles. The summed E-state index contributed by atoms with van der Waals surface area (Å²) < 4.78 is 11.9. The second-order valence-electron chi connectivity index (χ2n) is 8.55. The normalized spacial score (nSPS) is 16.6. The highest BCUT2D eigenvalue weighted by atomic mass is 32.1. The number of aliphatic hydroxyl groups excluding tert-OH is 1. The van der Waals surface area contributed by atoms with E-state index in [1.165, 1.54) is 16.2 Å². The summed E-state index contributed by atoms with van der Waals surface area (Å²) in [4.78, 5) is 27.9. The summed E-state index contributed by atoms with van der Waals surface area (Å²) in [5, 5.41) is 20.3. The number of carbonyl (C=O) groups is 2. The van der Waals surface area contributed by atoms with Crippen LogP contribution in [0.2, 0.25) is 0 Å². The van der Waals surface area contributed by atoms with Gasteiger partial charge in [0.05, 0.1) is 18.2 Å². The molecule has 1 N–H and O–H groups in total. The summed E-state index contributed by atoms with van der Waals surface area (Å²) in [7, 11) is 0. The van der Waals surface area contributed by atoms with Gasteiger partial charge in [-0.25, -0.2) is 0 Å². The summed E-state index contributed by atoms with van der Waals surface area (Å²) in [6.45, 7) is 4.35. The van der Waals surface area contributed by atoms with Gasteiger partial charge in [-0.3, -0.25) is 14.5 Å². The quantitative estimate of drug-likeness (QED) is 0.185. The highest BCUT2D eigenvalue weighted by Crippen LogP contribution is 2.44. The molecule has 4 aromatic rings. The Labute approximate surface area is 223 Å². The lowest BCUT2D eigenvalue weighted by molar-refractivity contribution is -0.132. The van der Waals surface area contributed by atoms with Crippen molar-refractivity contribution in [3.8, 4) is 11.5 Å². The van der Waals surface area contributed by atoms with Crippen LogP contribution in [0.25, 0.3) is 5.76 Å². The zero-order valence-corrected chi connectivity index (χ0v) is 21.6. The van der Waals surface area contributed by atoms with Gasteiger partial charge in [0.15, 0.2) is 11.5 Å². The molecule has 9 heteroatoms. The first-order valence-corrected chi connectivity index (χ1v) is 12.9. The summed E-state index contributed by atoms with van der Waals surface area (Å²) in [6.07, 6.45) is 0. The molecule has 0 radical (unpaired) electrons. The van der Waals surface area contributed by atoms with Gasteiger partial charge in [0.2, 0.25) is 5.13 Å². The van der Waals surface area contributed by atoms with Crippen LogP contribution in [0.5, 0.6) is 11.5 Å². The SMILES string of the molecule is CCOc1cc(C2C(=C(O)c3ccccc3)C(=O)C(=O)N2c2nnc(C)s2)ccc1OCc1ccccc1. The van der Waals surface area contributed by atoms with Crippen molar-refractivity contribution in [2.75, 3.05) is 11.5 Å². The first-order chi connectivity index (χ1) is 18.5. The number of benzene rings is 3. The van der Waals surface area contributed by atoms with E-state index in [1.807, 2.05) is 37.3 Å². The van der Waals surface area contributed by atoms with Gasteiger partial charge in [-0.15, -0.1) is 10.2 Å². The average Bonchev–Trinajstić information content (AvgIpc) is 3.48. The van der Waals surface area contributed by atoms with Crippen LogP contribution in [-0.2, 0) is 16.2 Å². The van der Waals surface area contributed by atoms with Gasteiger partial charge in [-0.2, -0.15) is 0 Å². The van der Waals surface area contributed by atoms with E-state index in [0.29, 0.717) is 40.8 Å². The van der Waals surface area contributed by atoms with Gasteiger partial charge >= 0.3 is 5.91 Å². The largest absolute Gasteiger partial charge is 0.507 e. The lowest BCUT2D eigenvalue weighted by Crippen LogP contribution is -2.29.